The summed E-state index contributed by atoms with van der Waals surface area (Å²) in [6.45, 7) is 5.33. The zero-order valence-electron chi connectivity index (χ0n) is 12.1. The Morgan fingerprint density at radius 2 is 1.95 bits per heavy atom. The Kier molecular flexibility index (Phi) is 5.49. The number of hydrogen-bond donors (Lipinski definition) is 1. The highest BCUT2D eigenvalue weighted by Gasteiger charge is 2.26. The molecule has 0 saturated heterocycles. The van der Waals surface area contributed by atoms with Gasteiger partial charge >= 0.3 is 0 Å². The molecule has 1 aliphatic rings. The molecular weight excluding hydrogens is 280 g/mol. The average molecular weight is 303 g/mol. The van der Waals surface area contributed by atoms with E-state index in [1.54, 1.807) is 6.07 Å². The summed E-state index contributed by atoms with van der Waals surface area (Å²) in [6, 6.07) is 4.21. The van der Waals surface area contributed by atoms with Crippen LogP contribution in [0.25, 0.3) is 0 Å². The van der Waals surface area contributed by atoms with Crippen LogP contribution in [0.4, 0.5) is 8.78 Å². The van der Waals surface area contributed by atoms with E-state index in [1.807, 2.05) is 6.07 Å². The first-order valence-corrected chi connectivity index (χ1v) is 8.20. The van der Waals surface area contributed by atoms with E-state index in [2.05, 4.69) is 19.2 Å². The van der Waals surface area contributed by atoms with Gasteiger partial charge < -0.3 is 9.73 Å². The lowest BCUT2D eigenvalue weighted by atomic mass is 9.75. The molecule has 2 nitrogen and oxygen atoms in total. The zero-order chi connectivity index (χ0) is 14.6. The quantitative estimate of drug-likeness (QED) is 0.817. The lowest BCUT2D eigenvalue weighted by molar-refractivity contribution is 0.204. The number of furan rings is 1. The zero-order valence-corrected chi connectivity index (χ0v) is 12.9. The smallest absolute Gasteiger partial charge is 0.284 e. The predicted molar refractivity (Wildman–Crippen MR) is 78.9 cm³/mol. The van der Waals surface area contributed by atoms with Crippen molar-refractivity contribution in [1.29, 1.82) is 0 Å². The summed E-state index contributed by atoms with van der Waals surface area (Å²) in [5, 5.41) is 3.51. The van der Waals surface area contributed by atoms with E-state index in [9.17, 15) is 8.78 Å². The van der Waals surface area contributed by atoms with Crippen molar-refractivity contribution in [1.82, 2.24) is 5.32 Å². The van der Waals surface area contributed by atoms with Crippen molar-refractivity contribution >= 4 is 11.8 Å². The molecule has 2 rings (SSSR count). The number of rotatable bonds is 6. The fourth-order valence-corrected chi connectivity index (χ4v) is 3.03. The van der Waals surface area contributed by atoms with Gasteiger partial charge in [0.1, 0.15) is 11.5 Å². The highest BCUT2D eigenvalue weighted by Crippen LogP contribution is 2.35. The molecule has 114 valence electrons. The molecule has 1 fully saturated rings. The second kappa shape index (κ2) is 6.94. The van der Waals surface area contributed by atoms with Gasteiger partial charge in [-0.25, -0.2) is 0 Å². The fourth-order valence-electron chi connectivity index (χ4n) is 2.59. The molecule has 1 N–H and O–H groups in total. The Balaban J connectivity index is 1.72. The number of nitrogens with one attached hydrogen (secondary N) is 1. The van der Waals surface area contributed by atoms with Crippen LogP contribution in [0.15, 0.2) is 16.5 Å². The summed E-state index contributed by atoms with van der Waals surface area (Å²) < 4.78 is 29.7. The van der Waals surface area contributed by atoms with Crippen LogP contribution in [0.2, 0.25) is 0 Å². The summed E-state index contributed by atoms with van der Waals surface area (Å²) in [7, 11) is 0. The molecular formula is C15H23F2NOS. The van der Waals surface area contributed by atoms with Gasteiger partial charge in [-0.3, -0.25) is 0 Å². The summed E-state index contributed by atoms with van der Waals surface area (Å²) in [6.07, 6.45) is 4.89. The molecule has 0 amide bonds. The Labute approximate surface area is 123 Å². The first kappa shape index (κ1) is 15.8. The number of halogens is 2. The third-order valence-electron chi connectivity index (χ3n) is 3.97. The van der Waals surface area contributed by atoms with Crippen molar-refractivity contribution in [2.45, 2.75) is 63.6 Å². The summed E-state index contributed by atoms with van der Waals surface area (Å²) in [5.41, 5.74) is 0.475. The minimum Gasteiger partial charge on any atom is -0.464 e. The lowest BCUT2D eigenvalue weighted by Crippen LogP contribution is -2.35. The Morgan fingerprint density at radius 3 is 2.60 bits per heavy atom. The SMILES string of the molecule is CC1(C)CCC(NCc2ccc(CSC(F)F)o2)CC1. The van der Waals surface area contributed by atoms with E-state index in [-0.39, 0.29) is 5.75 Å². The van der Waals surface area contributed by atoms with Crippen LogP contribution in [-0.2, 0) is 12.3 Å². The standard InChI is InChI=1S/C15H23F2NOS/c1-15(2)7-5-11(6-8-15)18-9-12-3-4-13(19-12)10-20-14(16)17/h3-4,11,14,18H,5-10H2,1-2H3. The third kappa shape index (κ3) is 5.09. The maximum absolute atomic E-state index is 12.1. The molecule has 0 spiro atoms. The van der Waals surface area contributed by atoms with Crippen LogP contribution >= 0.6 is 11.8 Å². The van der Waals surface area contributed by atoms with Crippen molar-refractivity contribution < 1.29 is 13.2 Å². The van der Waals surface area contributed by atoms with E-state index < -0.39 is 5.76 Å². The Morgan fingerprint density at radius 1 is 1.30 bits per heavy atom. The highest BCUT2D eigenvalue weighted by molar-refractivity contribution is 7.98. The minimum atomic E-state index is -2.34. The average Bonchev–Trinajstić information content (AvgIpc) is 2.83. The van der Waals surface area contributed by atoms with Crippen molar-refractivity contribution in [2.24, 2.45) is 5.41 Å². The number of alkyl halides is 2. The second-order valence-electron chi connectivity index (χ2n) is 6.26. The molecule has 0 atom stereocenters. The fraction of sp³-hybridized carbons (Fsp3) is 0.733. The molecule has 1 aromatic heterocycles. The molecule has 0 unspecified atom stereocenters. The lowest BCUT2D eigenvalue weighted by Gasteiger charge is -2.34. The molecule has 0 radical (unpaired) electrons. The Hall–Kier alpha value is -0.550. The van der Waals surface area contributed by atoms with Gasteiger partial charge in [0.25, 0.3) is 5.76 Å². The largest absolute Gasteiger partial charge is 0.464 e. The molecule has 20 heavy (non-hydrogen) atoms. The van der Waals surface area contributed by atoms with Crippen LogP contribution in [0, 0.1) is 5.41 Å². The van der Waals surface area contributed by atoms with Gasteiger partial charge in [0.05, 0.1) is 12.3 Å². The maximum atomic E-state index is 12.1. The van der Waals surface area contributed by atoms with Crippen molar-refractivity contribution in [3.63, 3.8) is 0 Å². The van der Waals surface area contributed by atoms with Gasteiger partial charge in [0.15, 0.2) is 0 Å². The van der Waals surface area contributed by atoms with Crippen molar-refractivity contribution in [3.8, 4) is 0 Å². The van der Waals surface area contributed by atoms with Gasteiger partial charge in [-0.1, -0.05) is 25.6 Å². The van der Waals surface area contributed by atoms with Gasteiger partial charge in [-0.2, -0.15) is 8.78 Å². The molecule has 5 heteroatoms. The first-order chi connectivity index (χ1) is 9.44. The van der Waals surface area contributed by atoms with Gasteiger partial charge in [0.2, 0.25) is 0 Å². The normalized spacial score (nSPS) is 19.6. The summed E-state index contributed by atoms with van der Waals surface area (Å²) in [4.78, 5) is 0. The second-order valence-corrected chi connectivity index (χ2v) is 7.24. The Bertz CT molecular complexity index is 410. The van der Waals surface area contributed by atoms with E-state index in [0.29, 0.717) is 35.5 Å². The topological polar surface area (TPSA) is 25.2 Å². The molecule has 1 aliphatic carbocycles. The molecule has 0 aliphatic heterocycles. The van der Waals surface area contributed by atoms with E-state index in [4.69, 9.17) is 4.42 Å². The molecule has 1 heterocycles. The van der Waals surface area contributed by atoms with Crippen LogP contribution in [0.5, 0.6) is 0 Å². The van der Waals surface area contributed by atoms with Gasteiger partial charge in [-0.05, 0) is 43.2 Å². The van der Waals surface area contributed by atoms with E-state index >= 15 is 0 Å². The van der Waals surface area contributed by atoms with Crippen LogP contribution in [-0.4, -0.2) is 11.8 Å². The monoisotopic (exact) mass is 303 g/mol. The van der Waals surface area contributed by atoms with E-state index in [1.165, 1.54) is 25.7 Å². The van der Waals surface area contributed by atoms with Crippen LogP contribution in [0.3, 0.4) is 0 Å². The molecule has 1 aromatic rings. The molecule has 0 bridgehead atoms. The highest BCUT2D eigenvalue weighted by atomic mass is 32.2. The molecule has 0 aromatic carbocycles. The maximum Gasteiger partial charge on any atom is 0.284 e. The number of hydrogen-bond acceptors (Lipinski definition) is 3. The third-order valence-corrected chi connectivity index (χ3v) is 4.68. The summed E-state index contributed by atoms with van der Waals surface area (Å²) >= 11 is 0.596. The summed E-state index contributed by atoms with van der Waals surface area (Å²) in [5.74, 6) is -0.654. The molecule has 1 saturated carbocycles. The van der Waals surface area contributed by atoms with Crippen LogP contribution < -0.4 is 5.32 Å². The van der Waals surface area contributed by atoms with E-state index in [0.717, 1.165) is 5.76 Å². The van der Waals surface area contributed by atoms with Crippen molar-refractivity contribution in [3.05, 3.63) is 23.7 Å². The van der Waals surface area contributed by atoms with Gasteiger partial charge in [0, 0.05) is 6.04 Å². The number of thioether (sulfide) groups is 1. The first-order valence-electron chi connectivity index (χ1n) is 7.15. The van der Waals surface area contributed by atoms with Crippen molar-refractivity contribution in [2.75, 3.05) is 0 Å². The van der Waals surface area contributed by atoms with Gasteiger partial charge in [-0.15, -0.1) is 0 Å². The minimum absolute atomic E-state index is 0.231. The predicted octanol–water partition coefficient (Wildman–Crippen LogP) is 4.79. The van der Waals surface area contributed by atoms with Crippen LogP contribution in [0.1, 0.15) is 51.1 Å².